The van der Waals surface area contributed by atoms with E-state index in [9.17, 15) is 25.2 Å². The van der Waals surface area contributed by atoms with Crippen molar-refractivity contribution in [3.8, 4) is 0 Å². The van der Waals surface area contributed by atoms with Gasteiger partial charge in [0.15, 0.2) is 6.23 Å². The van der Waals surface area contributed by atoms with Crippen molar-refractivity contribution < 1.29 is 34.4 Å². The van der Waals surface area contributed by atoms with Crippen LogP contribution in [0.15, 0.2) is 0 Å². The van der Waals surface area contributed by atoms with Gasteiger partial charge >= 0.3 is 33.0 Å². The average Bonchev–Trinajstić information content (AvgIpc) is 1.99. The van der Waals surface area contributed by atoms with E-state index in [2.05, 4.69) is 27.9 Å². The fourth-order valence-corrected chi connectivity index (χ4v) is 0.700. The van der Waals surface area contributed by atoms with Gasteiger partial charge < -0.3 is 9.22 Å². The Morgan fingerprint density at radius 2 is 1.29 bits per heavy atom. The van der Waals surface area contributed by atoms with Gasteiger partial charge in [-0.05, 0) is 13.8 Å². The number of quaternary nitrogens is 1. The predicted octanol–water partition coefficient (Wildman–Crippen LogP) is 4.85. The third-order valence-corrected chi connectivity index (χ3v) is 2.21. The summed E-state index contributed by atoms with van der Waals surface area (Å²) in [5.74, 6) is 0. The van der Waals surface area contributed by atoms with E-state index in [1.807, 2.05) is 6.92 Å². The van der Waals surface area contributed by atoms with Crippen LogP contribution in [-0.4, -0.2) is 38.0 Å². The number of rotatable bonds is 4. The van der Waals surface area contributed by atoms with Gasteiger partial charge in [-0.15, -0.1) is 0 Å². The van der Waals surface area contributed by atoms with Crippen LogP contribution in [0.4, 0.5) is 25.2 Å². The van der Waals surface area contributed by atoms with Gasteiger partial charge in [0.05, 0.1) is 27.2 Å². The SMILES string of the molecule is CCOC(C)[N+](C)(C)CC.F[P-](F)(F)(F)(F)F. The Labute approximate surface area is 97.4 Å². The Hall–Kier alpha value is -0.0700. The molecule has 0 aromatic carbocycles. The minimum absolute atomic E-state index is 0.315. The van der Waals surface area contributed by atoms with Crippen LogP contribution in [-0.2, 0) is 4.74 Å². The second-order valence-electron chi connectivity index (χ2n) is 4.11. The first kappa shape index (κ1) is 19.3. The molecular formula is C8H20F6NOP. The third kappa shape index (κ3) is 21.7. The third-order valence-electron chi connectivity index (χ3n) is 2.21. The van der Waals surface area contributed by atoms with Crippen LogP contribution < -0.4 is 0 Å². The van der Waals surface area contributed by atoms with Gasteiger partial charge in [-0.2, -0.15) is 0 Å². The van der Waals surface area contributed by atoms with Gasteiger partial charge in [0, 0.05) is 6.92 Å². The van der Waals surface area contributed by atoms with Gasteiger partial charge in [-0.25, -0.2) is 0 Å². The van der Waals surface area contributed by atoms with Crippen molar-refractivity contribution >= 4 is 7.81 Å². The molecule has 0 spiro atoms. The van der Waals surface area contributed by atoms with Crippen molar-refractivity contribution in [2.75, 3.05) is 27.2 Å². The van der Waals surface area contributed by atoms with Crippen LogP contribution in [0.1, 0.15) is 20.8 Å². The van der Waals surface area contributed by atoms with E-state index >= 15 is 0 Å². The fraction of sp³-hybridized carbons (Fsp3) is 1.00. The molecule has 0 aromatic heterocycles. The molecule has 0 heterocycles. The van der Waals surface area contributed by atoms with Crippen LogP contribution in [0.3, 0.4) is 0 Å². The zero-order chi connectivity index (χ0) is 14.6. The first-order valence-electron chi connectivity index (χ1n) is 5.00. The number of hydrogen-bond acceptors (Lipinski definition) is 1. The summed E-state index contributed by atoms with van der Waals surface area (Å²) in [6, 6.07) is 0. The molecule has 0 rings (SSSR count). The molecule has 0 aliphatic carbocycles. The van der Waals surface area contributed by atoms with Crippen molar-refractivity contribution in [1.29, 1.82) is 0 Å². The second kappa shape index (κ2) is 4.90. The standard InChI is InChI=1S/C8H20NO.F6P/c1-6-9(4,5)8(3)10-7-2;1-7(2,3,4,5)6/h8H,6-7H2,1-5H3;/q+1;-1. The summed E-state index contributed by atoms with van der Waals surface area (Å²) < 4.78 is 65.6. The van der Waals surface area contributed by atoms with E-state index in [-0.39, 0.29) is 0 Å². The zero-order valence-corrected chi connectivity index (χ0v) is 11.5. The van der Waals surface area contributed by atoms with E-state index in [1.54, 1.807) is 0 Å². The van der Waals surface area contributed by atoms with Crippen molar-refractivity contribution in [2.24, 2.45) is 0 Å². The summed E-state index contributed by atoms with van der Waals surface area (Å²) in [5, 5.41) is 0. The van der Waals surface area contributed by atoms with Crippen molar-refractivity contribution in [3.05, 3.63) is 0 Å². The zero-order valence-electron chi connectivity index (χ0n) is 10.6. The minimum atomic E-state index is -10.7. The van der Waals surface area contributed by atoms with E-state index in [1.165, 1.54) is 0 Å². The molecule has 2 nitrogen and oxygen atoms in total. The van der Waals surface area contributed by atoms with Gasteiger partial charge in [0.2, 0.25) is 0 Å². The van der Waals surface area contributed by atoms with Crippen LogP contribution >= 0.6 is 7.81 Å². The maximum absolute atomic E-state index is 10.7. The summed E-state index contributed by atoms with van der Waals surface area (Å²) in [7, 11) is -6.30. The Balaban J connectivity index is 0. The number of halogens is 6. The normalized spacial score (nSPS) is 18.5. The Morgan fingerprint density at radius 1 is 1.00 bits per heavy atom. The molecule has 0 fully saturated rings. The quantitative estimate of drug-likeness (QED) is 0.311. The summed E-state index contributed by atoms with van der Waals surface area (Å²) in [5.41, 5.74) is 0. The molecule has 1 unspecified atom stereocenters. The van der Waals surface area contributed by atoms with Crippen LogP contribution in [0, 0.1) is 0 Å². The van der Waals surface area contributed by atoms with E-state index in [0.717, 1.165) is 17.6 Å². The predicted molar refractivity (Wildman–Crippen MR) is 57.3 cm³/mol. The second-order valence-corrected chi connectivity index (χ2v) is 6.02. The van der Waals surface area contributed by atoms with E-state index in [4.69, 9.17) is 4.74 Å². The van der Waals surface area contributed by atoms with E-state index < -0.39 is 7.81 Å². The van der Waals surface area contributed by atoms with Gasteiger partial charge in [0.1, 0.15) is 0 Å². The van der Waals surface area contributed by atoms with Crippen molar-refractivity contribution in [2.45, 2.75) is 27.0 Å². The summed E-state index contributed by atoms with van der Waals surface area (Å²) >= 11 is 0. The molecule has 0 aliphatic heterocycles. The topological polar surface area (TPSA) is 9.23 Å². The van der Waals surface area contributed by atoms with Crippen LogP contribution in [0.25, 0.3) is 0 Å². The van der Waals surface area contributed by atoms with Gasteiger partial charge in [-0.3, -0.25) is 0 Å². The molecule has 9 heteroatoms. The van der Waals surface area contributed by atoms with Crippen LogP contribution in [0.5, 0.6) is 0 Å². The molecule has 0 saturated carbocycles. The molecule has 0 aliphatic rings. The summed E-state index contributed by atoms with van der Waals surface area (Å²) in [6.45, 7) is 8.25. The summed E-state index contributed by atoms with van der Waals surface area (Å²) in [4.78, 5) is 0. The molecule has 0 N–H and O–H groups in total. The molecule has 0 amide bonds. The monoisotopic (exact) mass is 291 g/mol. The molecule has 0 aromatic rings. The molecule has 0 bridgehead atoms. The van der Waals surface area contributed by atoms with Gasteiger partial charge in [0.25, 0.3) is 0 Å². The molecule has 17 heavy (non-hydrogen) atoms. The average molecular weight is 291 g/mol. The molecule has 1 atom stereocenters. The van der Waals surface area contributed by atoms with Crippen molar-refractivity contribution in [1.82, 2.24) is 0 Å². The molecule has 0 saturated heterocycles. The first-order chi connectivity index (χ1) is 6.99. The Kier molecular flexibility index (Phi) is 5.55. The molecular weight excluding hydrogens is 271 g/mol. The number of hydrogen-bond donors (Lipinski definition) is 0. The number of nitrogens with zero attached hydrogens (tertiary/aromatic N) is 1. The first-order valence-corrected chi connectivity index (χ1v) is 7.03. The molecule has 0 radical (unpaired) electrons. The van der Waals surface area contributed by atoms with E-state index in [0.29, 0.717) is 6.23 Å². The summed E-state index contributed by atoms with van der Waals surface area (Å²) in [6.07, 6.45) is 0.315. The Bertz CT molecular complexity index is 224. The van der Waals surface area contributed by atoms with Crippen LogP contribution in [0.2, 0.25) is 0 Å². The molecule has 110 valence electrons. The Morgan fingerprint density at radius 3 is 1.47 bits per heavy atom. The van der Waals surface area contributed by atoms with Crippen molar-refractivity contribution in [3.63, 3.8) is 0 Å². The van der Waals surface area contributed by atoms with Gasteiger partial charge in [-0.1, -0.05) is 0 Å². The fourth-order valence-electron chi connectivity index (χ4n) is 0.700. The maximum atomic E-state index is 9.87. The number of ether oxygens (including phenoxy) is 1.